The van der Waals surface area contributed by atoms with Gasteiger partial charge in [-0.15, -0.1) is 0 Å². The Morgan fingerprint density at radius 2 is 1.88 bits per heavy atom. The number of rotatable bonds is 4. The van der Waals surface area contributed by atoms with E-state index in [2.05, 4.69) is 9.97 Å². The van der Waals surface area contributed by atoms with E-state index in [0.717, 1.165) is 38.9 Å². The van der Waals surface area contributed by atoms with Crippen LogP contribution >= 0.6 is 0 Å². The number of aryl methyl sites for hydroxylation is 1. The Labute approximate surface area is 151 Å². The van der Waals surface area contributed by atoms with E-state index in [0.29, 0.717) is 6.61 Å². The molecule has 0 atom stereocenters. The number of pyridine rings is 2. The number of benzene rings is 2. The van der Waals surface area contributed by atoms with Crippen molar-refractivity contribution in [1.82, 2.24) is 9.97 Å². The summed E-state index contributed by atoms with van der Waals surface area (Å²) in [6, 6.07) is 16.5. The minimum atomic E-state index is -0.239. The first kappa shape index (κ1) is 16.2. The van der Waals surface area contributed by atoms with Crippen molar-refractivity contribution in [3.05, 3.63) is 90.3 Å². The van der Waals surface area contributed by atoms with Crippen LogP contribution in [-0.2, 0) is 6.61 Å². The molecule has 3 nitrogen and oxygen atoms in total. The van der Waals surface area contributed by atoms with Crippen molar-refractivity contribution in [2.45, 2.75) is 13.5 Å². The first-order valence-electron chi connectivity index (χ1n) is 8.38. The zero-order chi connectivity index (χ0) is 17.9. The normalized spacial score (nSPS) is 10.8. The minimum absolute atomic E-state index is 0.239. The number of ether oxygens (including phenoxy) is 1. The lowest BCUT2D eigenvalue weighted by atomic mass is 9.99. The first-order chi connectivity index (χ1) is 12.7. The first-order valence-corrected chi connectivity index (χ1v) is 8.38. The molecule has 0 radical (unpaired) electrons. The Kier molecular flexibility index (Phi) is 4.32. The van der Waals surface area contributed by atoms with Crippen LogP contribution in [0.3, 0.4) is 0 Å². The van der Waals surface area contributed by atoms with Gasteiger partial charge in [0, 0.05) is 34.9 Å². The highest BCUT2D eigenvalue weighted by atomic mass is 19.1. The molecule has 2 aromatic heterocycles. The van der Waals surface area contributed by atoms with E-state index in [1.54, 1.807) is 18.5 Å². The number of hydrogen-bond acceptors (Lipinski definition) is 3. The molecule has 0 aliphatic heterocycles. The summed E-state index contributed by atoms with van der Waals surface area (Å²) in [5.74, 6) is 0.551. The number of fused-ring (bicyclic) bond motifs is 1. The number of nitrogens with zero attached hydrogens (tertiary/aromatic N) is 2. The molecule has 0 aliphatic rings. The van der Waals surface area contributed by atoms with E-state index < -0.39 is 0 Å². The van der Waals surface area contributed by atoms with Crippen molar-refractivity contribution in [1.29, 1.82) is 0 Å². The SMILES string of the molecule is Cc1cc(F)ccc1-c1cccnc1COc1cccc2cnccc12. The van der Waals surface area contributed by atoms with E-state index in [9.17, 15) is 4.39 Å². The zero-order valence-electron chi connectivity index (χ0n) is 14.3. The van der Waals surface area contributed by atoms with Gasteiger partial charge in [0.1, 0.15) is 18.2 Å². The van der Waals surface area contributed by atoms with Gasteiger partial charge in [-0.05, 0) is 48.4 Å². The lowest BCUT2D eigenvalue weighted by Crippen LogP contribution is -2.02. The maximum atomic E-state index is 13.4. The fourth-order valence-electron chi connectivity index (χ4n) is 3.09. The highest BCUT2D eigenvalue weighted by Gasteiger charge is 2.11. The number of halogens is 1. The monoisotopic (exact) mass is 344 g/mol. The van der Waals surface area contributed by atoms with Gasteiger partial charge in [0.2, 0.25) is 0 Å². The second kappa shape index (κ2) is 6.92. The van der Waals surface area contributed by atoms with Crippen LogP contribution in [0.15, 0.2) is 73.2 Å². The van der Waals surface area contributed by atoms with Crippen LogP contribution in [0.1, 0.15) is 11.3 Å². The van der Waals surface area contributed by atoms with Gasteiger partial charge in [-0.1, -0.05) is 24.3 Å². The molecule has 0 amide bonds. The Bertz CT molecular complexity index is 1070. The molecule has 0 fully saturated rings. The van der Waals surface area contributed by atoms with Gasteiger partial charge in [0.05, 0.1) is 5.69 Å². The molecule has 4 heteroatoms. The second-order valence-corrected chi connectivity index (χ2v) is 6.10. The molecule has 0 bridgehead atoms. The van der Waals surface area contributed by atoms with E-state index in [1.165, 1.54) is 12.1 Å². The summed E-state index contributed by atoms with van der Waals surface area (Å²) in [5, 5.41) is 2.04. The lowest BCUT2D eigenvalue weighted by Gasteiger charge is -2.13. The highest BCUT2D eigenvalue weighted by Crippen LogP contribution is 2.29. The highest BCUT2D eigenvalue weighted by molar-refractivity contribution is 5.87. The Balaban J connectivity index is 1.67. The van der Waals surface area contributed by atoms with Crippen molar-refractivity contribution in [3.8, 4) is 16.9 Å². The Morgan fingerprint density at radius 3 is 2.77 bits per heavy atom. The van der Waals surface area contributed by atoms with E-state index in [4.69, 9.17) is 4.74 Å². The van der Waals surface area contributed by atoms with Gasteiger partial charge in [0.25, 0.3) is 0 Å². The Morgan fingerprint density at radius 1 is 0.962 bits per heavy atom. The van der Waals surface area contributed by atoms with Gasteiger partial charge >= 0.3 is 0 Å². The molecule has 0 saturated carbocycles. The van der Waals surface area contributed by atoms with E-state index in [-0.39, 0.29) is 5.82 Å². The van der Waals surface area contributed by atoms with Crippen LogP contribution in [0.4, 0.5) is 4.39 Å². The number of aromatic nitrogens is 2. The molecule has 26 heavy (non-hydrogen) atoms. The van der Waals surface area contributed by atoms with Crippen LogP contribution < -0.4 is 4.74 Å². The minimum Gasteiger partial charge on any atom is -0.487 e. The van der Waals surface area contributed by atoms with Crippen LogP contribution in [0.5, 0.6) is 5.75 Å². The quantitative estimate of drug-likeness (QED) is 0.502. The maximum absolute atomic E-state index is 13.4. The summed E-state index contributed by atoms with van der Waals surface area (Å²) in [4.78, 5) is 8.63. The predicted octanol–water partition coefficient (Wildman–Crippen LogP) is 5.32. The summed E-state index contributed by atoms with van der Waals surface area (Å²) in [7, 11) is 0. The van der Waals surface area contributed by atoms with Gasteiger partial charge in [-0.3, -0.25) is 9.97 Å². The topological polar surface area (TPSA) is 35.0 Å². The summed E-state index contributed by atoms with van der Waals surface area (Å²) < 4.78 is 19.5. The molecule has 0 N–H and O–H groups in total. The lowest BCUT2D eigenvalue weighted by molar-refractivity contribution is 0.305. The van der Waals surface area contributed by atoms with Crippen LogP contribution in [0, 0.1) is 12.7 Å². The van der Waals surface area contributed by atoms with Crippen molar-refractivity contribution in [2.75, 3.05) is 0 Å². The maximum Gasteiger partial charge on any atom is 0.131 e. The van der Waals surface area contributed by atoms with Gasteiger partial charge in [0.15, 0.2) is 0 Å². The van der Waals surface area contributed by atoms with Gasteiger partial charge in [-0.2, -0.15) is 0 Å². The fraction of sp³-hybridized carbons (Fsp3) is 0.0909. The second-order valence-electron chi connectivity index (χ2n) is 6.10. The standard InChI is InChI=1S/C22H17FN2O/c1-15-12-17(23)7-8-18(15)20-5-3-10-25-21(20)14-26-22-6-2-4-16-13-24-11-9-19(16)22/h2-13H,14H2,1H3. The van der Waals surface area contributed by atoms with Crippen molar-refractivity contribution in [2.24, 2.45) is 0 Å². The molecule has 0 spiro atoms. The van der Waals surface area contributed by atoms with Crippen LogP contribution in [0.2, 0.25) is 0 Å². The molecule has 2 aromatic carbocycles. The van der Waals surface area contributed by atoms with E-state index >= 15 is 0 Å². The summed E-state index contributed by atoms with van der Waals surface area (Å²) >= 11 is 0. The molecule has 0 saturated heterocycles. The summed E-state index contributed by atoms with van der Waals surface area (Å²) in [6.45, 7) is 2.22. The molecule has 0 unspecified atom stereocenters. The molecular weight excluding hydrogens is 327 g/mol. The van der Waals surface area contributed by atoms with Crippen molar-refractivity contribution in [3.63, 3.8) is 0 Å². The zero-order valence-corrected chi connectivity index (χ0v) is 14.3. The summed E-state index contributed by atoms with van der Waals surface area (Å²) in [6.07, 6.45) is 5.31. The third-order valence-corrected chi connectivity index (χ3v) is 4.37. The van der Waals surface area contributed by atoms with Gasteiger partial charge < -0.3 is 4.74 Å². The number of hydrogen-bond donors (Lipinski definition) is 0. The molecule has 4 aromatic rings. The Hall–Kier alpha value is -3.27. The average Bonchev–Trinajstić information content (AvgIpc) is 2.67. The summed E-state index contributed by atoms with van der Waals surface area (Å²) in [5.41, 5.74) is 3.59. The third-order valence-electron chi connectivity index (χ3n) is 4.37. The average molecular weight is 344 g/mol. The fourth-order valence-corrected chi connectivity index (χ4v) is 3.09. The van der Waals surface area contributed by atoms with Crippen molar-refractivity contribution < 1.29 is 9.13 Å². The van der Waals surface area contributed by atoms with Crippen molar-refractivity contribution >= 4 is 10.8 Å². The van der Waals surface area contributed by atoms with E-state index in [1.807, 2.05) is 49.5 Å². The molecule has 128 valence electrons. The van der Waals surface area contributed by atoms with Crippen LogP contribution in [-0.4, -0.2) is 9.97 Å². The molecular formula is C22H17FN2O. The third kappa shape index (κ3) is 3.14. The van der Waals surface area contributed by atoms with Gasteiger partial charge in [-0.25, -0.2) is 4.39 Å². The van der Waals surface area contributed by atoms with Crippen LogP contribution in [0.25, 0.3) is 21.9 Å². The molecule has 0 aliphatic carbocycles. The molecule has 4 rings (SSSR count). The largest absolute Gasteiger partial charge is 0.487 e. The smallest absolute Gasteiger partial charge is 0.131 e. The molecule has 2 heterocycles. The predicted molar refractivity (Wildman–Crippen MR) is 100 cm³/mol.